The molecule has 0 radical (unpaired) electrons. The third kappa shape index (κ3) is 4.93. The minimum Gasteiger partial charge on any atom is -0.396 e. The monoisotopic (exact) mass is 284 g/mol. The fourth-order valence-corrected chi connectivity index (χ4v) is 2.15. The molecule has 21 heavy (non-hydrogen) atoms. The van der Waals surface area contributed by atoms with Gasteiger partial charge in [-0.15, -0.1) is 0 Å². The van der Waals surface area contributed by atoms with Crippen molar-refractivity contribution in [3.63, 3.8) is 0 Å². The molecule has 0 aliphatic rings. The van der Waals surface area contributed by atoms with E-state index in [2.05, 4.69) is 10.6 Å². The number of aliphatic hydroxyl groups excluding tert-OH is 1. The zero-order chi connectivity index (χ0) is 14.9. The summed E-state index contributed by atoms with van der Waals surface area (Å²) < 4.78 is 0. The summed E-state index contributed by atoms with van der Waals surface area (Å²) in [5.41, 5.74) is 1.79. The molecule has 0 bridgehead atoms. The van der Waals surface area contributed by atoms with Gasteiger partial charge in [-0.25, -0.2) is 4.79 Å². The second kappa shape index (κ2) is 8.07. The Morgan fingerprint density at radius 1 is 1.00 bits per heavy atom. The highest BCUT2D eigenvalue weighted by atomic mass is 16.3. The van der Waals surface area contributed by atoms with Crippen LogP contribution in [0.5, 0.6) is 0 Å². The van der Waals surface area contributed by atoms with Crippen molar-refractivity contribution in [2.45, 2.75) is 18.9 Å². The van der Waals surface area contributed by atoms with Crippen molar-refractivity contribution in [1.29, 1.82) is 0 Å². The maximum Gasteiger partial charge on any atom is 0.319 e. The fourth-order valence-electron chi connectivity index (χ4n) is 2.15. The van der Waals surface area contributed by atoms with E-state index in [0.29, 0.717) is 12.8 Å². The Bertz CT molecular complexity index is 543. The molecule has 4 heteroatoms. The first kappa shape index (κ1) is 15.1. The maximum absolute atomic E-state index is 12.1. The molecule has 110 valence electrons. The molecule has 2 rings (SSSR count). The van der Waals surface area contributed by atoms with Gasteiger partial charge in [0, 0.05) is 12.3 Å². The first-order chi connectivity index (χ1) is 10.3. The van der Waals surface area contributed by atoms with Crippen LogP contribution in [-0.4, -0.2) is 17.7 Å². The number of rotatable bonds is 6. The number of anilines is 1. The molecule has 3 N–H and O–H groups in total. The standard InChI is InChI=1S/C17H20N2O2/c20-13-7-12-16(14-8-3-1-4-9-14)19-17(21)18-15-10-5-2-6-11-15/h1-6,8-11,16,20H,7,12-13H2,(H2,18,19,21). The van der Waals surface area contributed by atoms with Gasteiger partial charge in [0.05, 0.1) is 6.04 Å². The summed E-state index contributed by atoms with van der Waals surface area (Å²) in [6.07, 6.45) is 1.34. The summed E-state index contributed by atoms with van der Waals surface area (Å²) in [4.78, 5) is 12.1. The number of para-hydroxylation sites is 1. The van der Waals surface area contributed by atoms with Crippen LogP contribution < -0.4 is 10.6 Å². The number of urea groups is 1. The smallest absolute Gasteiger partial charge is 0.319 e. The average Bonchev–Trinajstić information content (AvgIpc) is 2.53. The van der Waals surface area contributed by atoms with Crippen LogP contribution in [0.25, 0.3) is 0 Å². The number of nitrogens with one attached hydrogen (secondary N) is 2. The highest BCUT2D eigenvalue weighted by molar-refractivity contribution is 5.89. The van der Waals surface area contributed by atoms with E-state index < -0.39 is 0 Å². The lowest BCUT2D eigenvalue weighted by Gasteiger charge is -2.19. The molecular weight excluding hydrogens is 264 g/mol. The van der Waals surface area contributed by atoms with Crippen LogP contribution in [0.4, 0.5) is 10.5 Å². The van der Waals surface area contributed by atoms with Gasteiger partial charge in [-0.2, -0.15) is 0 Å². The zero-order valence-corrected chi connectivity index (χ0v) is 11.8. The van der Waals surface area contributed by atoms with Gasteiger partial charge in [-0.05, 0) is 30.5 Å². The first-order valence-corrected chi connectivity index (χ1v) is 7.08. The lowest BCUT2D eigenvalue weighted by Crippen LogP contribution is -2.32. The van der Waals surface area contributed by atoms with Gasteiger partial charge in [0.2, 0.25) is 0 Å². The van der Waals surface area contributed by atoms with Gasteiger partial charge in [-0.1, -0.05) is 48.5 Å². The molecule has 2 aromatic carbocycles. The Morgan fingerprint density at radius 2 is 1.62 bits per heavy atom. The molecule has 0 aromatic heterocycles. The molecule has 0 saturated carbocycles. The molecule has 2 aromatic rings. The van der Waals surface area contributed by atoms with E-state index in [9.17, 15) is 4.79 Å². The number of aliphatic hydroxyl groups is 1. The summed E-state index contributed by atoms with van der Waals surface area (Å²) in [6.45, 7) is 0.116. The van der Waals surface area contributed by atoms with Crippen LogP contribution in [0.15, 0.2) is 60.7 Å². The second-order valence-electron chi connectivity index (χ2n) is 4.79. The normalized spacial score (nSPS) is 11.7. The summed E-state index contributed by atoms with van der Waals surface area (Å²) >= 11 is 0. The number of hydrogen-bond acceptors (Lipinski definition) is 2. The van der Waals surface area contributed by atoms with Gasteiger partial charge < -0.3 is 15.7 Å². The molecule has 1 unspecified atom stereocenters. The minimum absolute atomic E-state index is 0.109. The number of amides is 2. The average molecular weight is 284 g/mol. The molecule has 4 nitrogen and oxygen atoms in total. The van der Waals surface area contributed by atoms with Crippen LogP contribution in [0.3, 0.4) is 0 Å². The molecule has 0 fully saturated rings. The van der Waals surface area contributed by atoms with Crippen LogP contribution in [-0.2, 0) is 0 Å². The van der Waals surface area contributed by atoms with Gasteiger partial charge >= 0.3 is 6.03 Å². The number of benzene rings is 2. The van der Waals surface area contributed by atoms with Crippen molar-refractivity contribution in [3.05, 3.63) is 66.2 Å². The summed E-state index contributed by atoms with van der Waals surface area (Å²) in [5.74, 6) is 0. The highest BCUT2D eigenvalue weighted by Crippen LogP contribution is 2.18. The Kier molecular flexibility index (Phi) is 5.79. The van der Waals surface area contributed by atoms with E-state index >= 15 is 0 Å². The topological polar surface area (TPSA) is 61.4 Å². The third-order valence-corrected chi connectivity index (χ3v) is 3.19. The molecule has 1 atom stereocenters. The Labute approximate surface area is 124 Å². The van der Waals surface area contributed by atoms with E-state index in [1.165, 1.54) is 0 Å². The molecule has 0 aliphatic carbocycles. The predicted molar refractivity (Wildman–Crippen MR) is 84.1 cm³/mol. The zero-order valence-electron chi connectivity index (χ0n) is 11.8. The van der Waals surface area contributed by atoms with Crippen molar-refractivity contribution < 1.29 is 9.90 Å². The summed E-state index contributed by atoms with van der Waals surface area (Å²) in [6, 6.07) is 18.7. The van der Waals surface area contributed by atoms with E-state index in [4.69, 9.17) is 5.11 Å². The van der Waals surface area contributed by atoms with E-state index in [0.717, 1.165) is 11.3 Å². The third-order valence-electron chi connectivity index (χ3n) is 3.19. The molecule has 0 heterocycles. The minimum atomic E-state index is -0.243. The molecule has 0 spiro atoms. The van der Waals surface area contributed by atoms with Crippen molar-refractivity contribution in [2.24, 2.45) is 0 Å². The van der Waals surface area contributed by atoms with Crippen LogP contribution in [0.1, 0.15) is 24.4 Å². The molecule has 0 aliphatic heterocycles. The number of carbonyl (C=O) groups excluding carboxylic acids is 1. The van der Waals surface area contributed by atoms with Gasteiger partial charge in [0.1, 0.15) is 0 Å². The van der Waals surface area contributed by atoms with Crippen molar-refractivity contribution >= 4 is 11.7 Å². The lowest BCUT2D eigenvalue weighted by molar-refractivity contribution is 0.244. The van der Waals surface area contributed by atoms with Crippen LogP contribution in [0, 0.1) is 0 Å². The SMILES string of the molecule is O=C(Nc1ccccc1)NC(CCCO)c1ccccc1. The van der Waals surface area contributed by atoms with E-state index in [-0.39, 0.29) is 18.7 Å². The van der Waals surface area contributed by atoms with E-state index in [1.807, 2.05) is 60.7 Å². The largest absolute Gasteiger partial charge is 0.396 e. The quantitative estimate of drug-likeness (QED) is 0.762. The fraction of sp³-hybridized carbons (Fsp3) is 0.235. The number of hydrogen-bond donors (Lipinski definition) is 3. The molecule has 0 saturated heterocycles. The van der Waals surface area contributed by atoms with Crippen molar-refractivity contribution in [1.82, 2.24) is 5.32 Å². The van der Waals surface area contributed by atoms with Gasteiger partial charge in [0.15, 0.2) is 0 Å². The summed E-state index contributed by atoms with van der Waals surface area (Å²) in [7, 11) is 0. The summed E-state index contributed by atoms with van der Waals surface area (Å²) in [5, 5.41) is 14.8. The van der Waals surface area contributed by atoms with Crippen LogP contribution in [0.2, 0.25) is 0 Å². The Balaban J connectivity index is 1.99. The Morgan fingerprint density at radius 3 is 2.24 bits per heavy atom. The van der Waals surface area contributed by atoms with E-state index in [1.54, 1.807) is 0 Å². The van der Waals surface area contributed by atoms with Gasteiger partial charge in [-0.3, -0.25) is 0 Å². The first-order valence-electron chi connectivity index (χ1n) is 7.08. The van der Waals surface area contributed by atoms with Crippen molar-refractivity contribution in [2.75, 3.05) is 11.9 Å². The maximum atomic E-state index is 12.1. The molecular formula is C17H20N2O2. The lowest BCUT2D eigenvalue weighted by atomic mass is 10.0. The molecule has 2 amide bonds. The van der Waals surface area contributed by atoms with Crippen LogP contribution >= 0.6 is 0 Å². The Hall–Kier alpha value is -2.33. The predicted octanol–water partition coefficient (Wildman–Crippen LogP) is 3.32. The van der Waals surface area contributed by atoms with Gasteiger partial charge in [0.25, 0.3) is 0 Å². The number of carbonyl (C=O) groups is 1. The van der Waals surface area contributed by atoms with Crippen molar-refractivity contribution in [3.8, 4) is 0 Å². The second-order valence-corrected chi connectivity index (χ2v) is 4.79. The highest BCUT2D eigenvalue weighted by Gasteiger charge is 2.13.